The molecule has 1 radical (unpaired) electrons. The highest BCUT2D eigenvalue weighted by molar-refractivity contribution is 5.07. The first-order chi connectivity index (χ1) is 9.21. The van der Waals surface area contributed by atoms with E-state index in [0.717, 1.165) is 65.0 Å². The van der Waals surface area contributed by atoms with E-state index in [9.17, 15) is 5.21 Å². The van der Waals surface area contributed by atoms with Gasteiger partial charge in [-0.05, 0) is 45.6 Å². The minimum absolute atomic E-state index is 0.207. The molecule has 3 aliphatic rings. The van der Waals surface area contributed by atoms with Crippen LogP contribution in [0.5, 0.6) is 0 Å². The van der Waals surface area contributed by atoms with E-state index in [0.29, 0.717) is 6.04 Å². The lowest BCUT2D eigenvalue weighted by molar-refractivity contribution is -0.330. The van der Waals surface area contributed by atoms with Gasteiger partial charge < -0.3 is 14.8 Å². The second-order valence-electron chi connectivity index (χ2n) is 6.36. The molecule has 109 valence electrons. The van der Waals surface area contributed by atoms with Crippen molar-refractivity contribution >= 4 is 0 Å². The Morgan fingerprint density at radius 3 is 1.74 bits per heavy atom. The van der Waals surface area contributed by atoms with E-state index >= 15 is 0 Å². The molecular weight excluding hydrogens is 244 g/mol. The number of piperidine rings is 1. The summed E-state index contributed by atoms with van der Waals surface area (Å²) in [6.45, 7) is 2.90. The van der Waals surface area contributed by atoms with Gasteiger partial charge in [-0.25, -0.2) is 0 Å². The Labute approximate surface area is 115 Å². The minimum Gasteiger partial charge on any atom is -0.381 e. The van der Waals surface area contributed by atoms with Crippen molar-refractivity contribution in [3.63, 3.8) is 0 Å². The molecule has 0 saturated carbocycles. The van der Waals surface area contributed by atoms with E-state index in [4.69, 9.17) is 9.47 Å². The molecule has 5 heteroatoms. The maximum Gasteiger partial charge on any atom is 0.0558 e. The van der Waals surface area contributed by atoms with Gasteiger partial charge in [-0.3, -0.25) is 0 Å². The molecule has 0 aromatic rings. The monoisotopic (exact) mass is 269 g/mol. The van der Waals surface area contributed by atoms with E-state index in [1.54, 1.807) is 0 Å². The van der Waals surface area contributed by atoms with Crippen LogP contribution in [0.2, 0.25) is 0 Å². The fourth-order valence-electron chi connectivity index (χ4n) is 4.18. The quantitative estimate of drug-likeness (QED) is 0.775. The third-order valence-corrected chi connectivity index (χ3v) is 5.37. The Balaban J connectivity index is 1.87. The van der Waals surface area contributed by atoms with Crippen LogP contribution in [-0.2, 0) is 14.7 Å². The summed E-state index contributed by atoms with van der Waals surface area (Å²) in [4.78, 5) is 0. The molecule has 3 rings (SSSR count). The summed E-state index contributed by atoms with van der Waals surface area (Å²) in [6, 6.07) is 0.446. The summed E-state index contributed by atoms with van der Waals surface area (Å²) in [5.41, 5.74) is -0.414. The summed E-state index contributed by atoms with van der Waals surface area (Å²) in [6.07, 6.45) is 5.40. The maximum atomic E-state index is 13.1. The van der Waals surface area contributed by atoms with Crippen LogP contribution in [0.15, 0.2) is 0 Å². The van der Waals surface area contributed by atoms with Crippen LogP contribution in [0, 0.1) is 0 Å². The summed E-state index contributed by atoms with van der Waals surface area (Å²) >= 11 is 0. The average molecular weight is 269 g/mol. The van der Waals surface area contributed by atoms with Gasteiger partial charge in [0.15, 0.2) is 0 Å². The fraction of sp³-hybridized carbons (Fsp3) is 1.00. The highest BCUT2D eigenvalue weighted by Crippen LogP contribution is 2.47. The molecule has 3 heterocycles. The molecule has 3 aliphatic heterocycles. The molecule has 0 amide bonds. The highest BCUT2D eigenvalue weighted by atomic mass is 16.5. The van der Waals surface area contributed by atoms with Gasteiger partial charge in [-0.15, -0.1) is 10.3 Å². The van der Waals surface area contributed by atoms with Crippen molar-refractivity contribution in [2.75, 3.05) is 33.5 Å². The summed E-state index contributed by atoms with van der Waals surface area (Å²) in [5, 5.41) is 18.0. The molecule has 5 nitrogen and oxygen atoms in total. The molecule has 19 heavy (non-hydrogen) atoms. The normalized spacial score (nSPS) is 34.7. The number of hydrogen-bond acceptors (Lipinski definition) is 4. The van der Waals surface area contributed by atoms with Crippen molar-refractivity contribution in [1.29, 1.82) is 0 Å². The molecule has 0 bridgehead atoms. The lowest BCUT2D eigenvalue weighted by atomic mass is 9.69. The van der Waals surface area contributed by atoms with E-state index in [1.807, 2.05) is 7.05 Å². The molecule has 3 fully saturated rings. The van der Waals surface area contributed by atoms with E-state index in [2.05, 4.69) is 5.32 Å². The molecule has 2 spiro atoms. The highest BCUT2D eigenvalue weighted by Gasteiger charge is 2.55. The number of nitrogens with zero attached hydrogens (tertiary/aromatic N) is 1. The summed E-state index contributed by atoms with van der Waals surface area (Å²) < 4.78 is 11.0. The number of hydroxylamine groups is 2. The van der Waals surface area contributed by atoms with Crippen molar-refractivity contribution in [3.05, 3.63) is 0 Å². The standard InChI is InChI=1S/C14H25N2O3/c1-15-12-10-13(2-6-18-7-3-13)16(17)14(11-12)4-8-19-9-5-14/h12,15H,2-11H2,1H3. The first-order valence-electron chi connectivity index (χ1n) is 7.51. The van der Waals surface area contributed by atoms with Crippen LogP contribution in [0.25, 0.3) is 0 Å². The maximum absolute atomic E-state index is 13.1. The molecule has 0 aliphatic carbocycles. The Morgan fingerprint density at radius 1 is 0.947 bits per heavy atom. The van der Waals surface area contributed by atoms with Crippen LogP contribution < -0.4 is 5.32 Å². The van der Waals surface area contributed by atoms with Crippen molar-refractivity contribution in [1.82, 2.24) is 10.4 Å². The lowest BCUT2D eigenvalue weighted by Gasteiger charge is -2.57. The zero-order valence-corrected chi connectivity index (χ0v) is 11.8. The molecule has 0 unspecified atom stereocenters. The number of rotatable bonds is 1. The Kier molecular flexibility index (Phi) is 3.84. The van der Waals surface area contributed by atoms with Gasteiger partial charge in [-0.1, -0.05) is 0 Å². The van der Waals surface area contributed by atoms with Crippen LogP contribution in [0.3, 0.4) is 0 Å². The van der Waals surface area contributed by atoms with Gasteiger partial charge in [0.1, 0.15) is 0 Å². The van der Waals surface area contributed by atoms with E-state index in [-0.39, 0.29) is 11.1 Å². The van der Waals surface area contributed by atoms with Crippen LogP contribution in [0.4, 0.5) is 0 Å². The van der Waals surface area contributed by atoms with Crippen LogP contribution in [0.1, 0.15) is 38.5 Å². The van der Waals surface area contributed by atoms with Crippen LogP contribution in [-0.4, -0.2) is 55.7 Å². The van der Waals surface area contributed by atoms with Gasteiger partial charge in [0, 0.05) is 32.5 Å². The first kappa shape index (κ1) is 13.8. The topological polar surface area (TPSA) is 53.6 Å². The second-order valence-corrected chi connectivity index (χ2v) is 6.36. The average Bonchev–Trinajstić information content (AvgIpc) is 2.46. The Morgan fingerprint density at radius 2 is 1.37 bits per heavy atom. The molecule has 0 aromatic heterocycles. The SMILES string of the molecule is CNC1CC2(CCOCC2)N([O])C2(CCOCC2)C1. The largest absolute Gasteiger partial charge is 0.381 e. The summed E-state index contributed by atoms with van der Waals surface area (Å²) in [5.74, 6) is 0. The van der Waals surface area contributed by atoms with Gasteiger partial charge in [0.2, 0.25) is 0 Å². The van der Waals surface area contributed by atoms with Crippen molar-refractivity contribution in [2.45, 2.75) is 55.6 Å². The molecule has 1 N–H and O–H groups in total. The predicted molar refractivity (Wildman–Crippen MR) is 70.2 cm³/mol. The van der Waals surface area contributed by atoms with E-state index in [1.165, 1.54) is 5.06 Å². The Hall–Kier alpha value is -0.200. The van der Waals surface area contributed by atoms with Gasteiger partial charge in [0.05, 0.1) is 11.1 Å². The number of ether oxygens (including phenoxy) is 2. The molecule has 3 saturated heterocycles. The molecular formula is C14H25N2O3. The van der Waals surface area contributed by atoms with E-state index < -0.39 is 0 Å². The van der Waals surface area contributed by atoms with Gasteiger partial charge >= 0.3 is 0 Å². The van der Waals surface area contributed by atoms with Crippen LogP contribution >= 0.6 is 0 Å². The molecule has 0 aromatic carbocycles. The zero-order valence-electron chi connectivity index (χ0n) is 11.8. The third kappa shape index (κ3) is 2.32. The number of hydrogen-bond donors (Lipinski definition) is 1. The second kappa shape index (κ2) is 5.30. The van der Waals surface area contributed by atoms with Crippen molar-refractivity contribution < 1.29 is 14.7 Å². The minimum atomic E-state index is -0.207. The fourth-order valence-corrected chi connectivity index (χ4v) is 4.18. The summed E-state index contributed by atoms with van der Waals surface area (Å²) in [7, 11) is 2.02. The number of nitrogens with one attached hydrogen (secondary N) is 1. The smallest absolute Gasteiger partial charge is 0.0558 e. The van der Waals surface area contributed by atoms with Gasteiger partial charge in [0.25, 0.3) is 0 Å². The predicted octanol–water partition coefficient (Wildman–Crippen LogP) is 1.11. The van der Waals surface area contributed by atoms with Crippen molar-refractivity contribution in [3.8, 4) is 0 Å². The molecule has 0 atom stereocenters. The Bertz CT molecular complexity index is 284. The lowest BCUT2D eigenvalue weighted by Crippen LogP contribution is -2.68. The van der Waals surface area contributed by atoms with Crippen molar-refractivity contribution in [2.24, 2.45) is 0 Å². The van der Waals surface area contributed by atoms with Gasteiger partial charge in [-0.2, -0.15) is 0 Å². The zero-order chi connectivity index (χ0) is 13.3. The third-order valence-electron chi connectivity index (χ3n) is 5.37. The first-order valence-corrected chi connectivity index (χ1v) is 7.51.